The first-order chi connectivity index (χ1) is 8.39. The Bertz CT molecular complexity index is 530. The SMILES string of the molecule is C=CCNC(=O)c1ccc(S(=O)(=O)C(C)C)cc1. The predicted molar refractivity (Wildman–Crippen MR) is 71.3 cm³/mol. The lowest BCUT2D eigenvalue weighted by molar-refractivity contribution is 0.0958. The number of amides is 1. The summed E-state index contributed by atoms with van der Waals surface area (Å²) in [5.41, 5.74) is 0.430. The number of carbonyl (C=O) groups excluding carboxylic acids is 1. The Labute approximate surface area is 108 Å². The van der Waals surface area contributed by atoms with Gasteiger partial charge < -0.3 is 5.32 Å². The number of hydrogen-bond donors (Lipinski definition) is 1. The molecule has 1 N–H and O–H groups in total. The van der Waals surface area contributed by atoms with Crippen LogP contribution in [-0.2, 0) is 9.84 Å². The average Bonchev–Trinajstić information content (AvgIpc) is 2.35. The van der Waals surface area contributed by atoms with E-state index in [1.54, 1.807) is 19.9 Å². The fraction of sp³-hybridized carbons (Fsp3) is 0.308. The molecule has 0 aliphatic rings. The van der Waals surface area contributed by atoms with E-state index >= 15 is 0 Å². The molecule has 0 saturated carbocycles. The molecule has 0 spiro atoms. The maximum atomic E-state index is 11.9. The van der Waals surface area contributed by atoms with Crippen LogP contribution in [0.2, 0.25) is 0 Å². The Morgan fingerprint density at radius 1 is 1.33 bits per heavy atom. The Morgan fingerprint density at radius 3 is 2.33 bits per heavy atom. The van der Waals surface area contributed by atoms with E-state index in [9.17, 15) is 13.2 Å². The van der Waals surface area contributed by atoms with Gasteiger partial charge in [-0.25, -0.2) is 8.42 Å². The molecule has 0 aliphatic carbocycles. The zero-order chi connectivity index (χ0) is 13.8. The number of sulfone groups is 1. The Morgan fingerprint density at radius 2 is 1.89 bits per heavy atom. The highest BCUT2D eigenvalue weighted by atomic mass is 32.2. The molecular formula is C13H17NO3S. The number of hydrogen-bond acceptors (Lipinski definition) is 3. The second kappa shape index (κ2) is 5.82. The molecular weight excluding hydrogens is 250 g/mol. The highest BCUT2D eigenvalue weighted by molar-refractivity contribution is 7.92. The van der Waals surface area contributed by atoms with Gasteiger partial charge in [0, 0.05) is 12.1 Å². The summed E-state index contributed by atoms with van der Waals surface area (Å²) in [6, 6.07) is 5.93. The summed E-state index contributed by atoms with van der Waals surface area (Å²) in [5.74, 6) is -0.247. The molecule has 0 radical (unpaired) electrons. The fourth-order valence-electron chi connectivity index (χ4n) is 1.34. The van der Waals surface area contributed by atoms with Crippen molar-refractivity contribution >= 4 is 15.7 Å². The van der Waals surface area contributed by atoms with E-state index in [4.69, 9.17) is 0 Å². The monoisotopic (exact) mass is 267 g/mol. The topological polar surface area (TPSA) is 63.2 Å². The van der Waals surface area contributed by atoms with Crippen LogP contribution in [0.5, 0.6) is 0 Å². The van der Waals surface area contributed by atoms with Crippen molar-refractivity contribution in [3.05, 3.63) is 42.5 Å². The van der Waals surface area contributed by atoms with Crippen LogP contribution >= 0.6 is 0 Å². The van der Waals surface area contributed by atoms with Crippen LogP contribution in [-0.4, -0.2) is 26.1 Å². The van der Waals surface area contributed by atoms with E-state index in [0.29, 0.717) is 12.1 Å². The first kappa shape index (κ1) is 14.4. The largest absolute Gasteiger partial charge is 0.349 e. The molecule has 0 fully saturated rings. The summed E-state index contributed by atoms with van der Waals surface area (Å²) in [5, 5.41) is 2.15. The van der Waals surface area contributed by atoms with Gasteiger partial charge in [-0.2, -0.15) is 0 Å². The van der Waals surface area contributed by atoms with Crippen molar-refractivity contribution in [2.45, 2.75) is 24.0 Å². The predicted octanol–water partition coefficient (Wildman–Crippen LogP) is 1.78. The van der Waals surface area contributed by atoms with Crippen molar-refractivity contribution in [1.29, 1.82) is 0 Å². The second-order valence-electron chi connectivity index (χ2n) is 4.12. The maximum Gasteiger partial charge on any atom is 0.251 e. The van der Waals surface area contributed by atoms with E-state index in [0.717, 1.165) is 0 Å². The van der Waals surface area contributed by atoms with E-state index in [1.807, 2.05) is 0 Å². The van der Waals surface area contributed by atoms with Crippen LogP contribution < -0.4 is 5.32 Å². The zero-order valence-electron chi connectivity index (χ0n) is 10.5. The van der Waals surface area contributed by atoms with Gasteiger partial charge in [0.05, 0.1) is 10.1 Å². The minimum absolute atomic E-state index is 0.234. The molecule has 0 bridgehead atoms. The highest BCUT2D eigenvalue weighted by Crippen LogP contribution is 2.16. The van der Waals surface area contributed by atoms with E-state index in [1.165, 1.54) is 24.3 Å². The number of nitrogens with one attached hydrogen (secondary N) is 1. The molecule has 98 valence electrons. The van der Waals surface area contributed by atoms with Crippen LogP contribution in [0.3, 0.4) is 0 Å². The standard InChI is InChI=1S/C13H17NO3S/c1-4-9-14-13(15)11-5-7-12(8-6-11)18(16,17)10(2)3/h4-8,10H,1,9H2,2-3H3,(H,14,15). The lowest BCUT2D eigenvalue weighted by Gasteiger charge is -2.08. The summed E-state index contributed by atoms with van der Waals surface area (Å²) in [7, 11) is -3.28. The molecule has 0 unspecified atom stereocenters. The van der Waals surface area contributed by atoms with Gasteiger partial charge in [0.2, 0.25) is 0 Å². The van der Waals surface area contributed by atoms with Crippen molar-refractivity contribution in [2.24, 2.45) is 0 Å². The van der Waals surface area contributed by atoms with Crippen LogP contribution in [0.1, 0.15) is 24.2 Å². The molecule has 0 atom stereocenters. The number of benzene rings is 1. The minimum Gasteiger partial charge on any atom is -0.349 e. The molecule has 4 nitrogen and oxygen atoms in total. The van der Waals surface area contributed by atoms with Gasteiger partial charge >= 0.3 is 0 Å². The first-order valence-corrected chi connectivity index (χ1v) is 7.17. The van der Waals surface area contributed by atoms with Crippen LogP contribution in [0.4, 0.5) is 0 Å². The third-order valence-electron chi connectivity index (χ3n) is 2.47. The quantitative estimate of drug-likeness (QED) is 0.827. The van der Waals surface area contributed by atoms with Crippen molar-refractivity contribution < 1.29 is 13.2 Å². The molecule has 18 heavy (non-hydrogen) atoms. The van der Waals surface area contributed by atoms with Crippen molar-refractivity contribution in [1.82, 2.24) is 5.32 Å². The zero-order valence-corrected chi connectivity index (χ0v) is 11.3. The fourth-order valence-corrected chi connectivity index (χ4v) is 2.39. The minimum atomic E-state index is -3.28. The Balaban J connectivity index is 2.93. The second-order valence-corrected chi connectivity index (χ2v) is 6.62. The molecule has 1 aromatic carbocycles. The Kier molecular flexibility index (Phi) is 4.67. The highest BCUT2D eigenvalue weighted by Gasteiger charge is 2.19. The normalized spacial score (nSPS) is 11.3. The van der Waals surface area contributed by atoms with E-state index in [2.05, 4.69) is 11.9 Å². The van der Waals surface area contributed by atoms with Gasteiger partial charge in [-0.05, 0) is 38.1 Å². The number of carbonyl (C=O) groups is 1. The van der Waals surface area contributed by atoms with Crippen molar-refractivity contribution in [2.75, 3.05) is 6.54 Å². The average molecular weight is 267 g/mol. The van der Waals surface area contributed by atoms with Crippen LogP contribution in [0, 0.1) is 0 Å². The molecule has 1 aromatic rings. The first-order valence-electron chi connectivity index (χ1n) is 5.62. The van der Waals surface area contributed by atoms with Crippen LogP contribution in [0.25, 0.3) is 0 Å². The maximum absolute atomic E-state index is 11.9. The van der Waals surface area contributed by atoms with Gasteiger partial charge in [-0.1, -0.05) is 6.08 Å². The third kappa shape index (κ3) is 3.20. The van der Waals surface area contributed by atoms with E-state index in [-0.39, 0.29) is 10.8 Å². The lowest BCUT2D eigenvalue weighted by Crippen LogP contribution is -2.23. The van der Waals surface area contributed by atoms with Gasteiger partial charge in [0.25, 0.3) is 5.91 Å². The molecule has 0 heterocycles. The van der Waals surface area contributed by atoms with Gasteiger partial charge in [0.15, 0.2) is 9.84 Å². The smallest absolute Gasteiger partial charge is 0.251 e. The van der Waals surface area contributed by atoms with Gasteiger partial charge in [-0.15, -0.1) is 6.58 Å². The summed E-state index contributed by atoms with van der Waals surface area (Å²) < 4.78 is 23.7. The van der Waals surface area contributed by atoms with Crippen molar-refractivity contribution in [3.63, 3.8) is 0 Å². The summed E-state index contributed by atoms with van der Waals surface area (Å²) >= 11 is 0. The summed E-state index contributed by atoms with van der Waals surface area (Å²) in [6.07, 6.45) is 1.58. The molecule has 1 rings (SSSR count). The van der Waals surface area contributed by atoms with E-state index < -0.39 is 15.1 Å². The molecule has 0 aromatic heterocycles. The Hall–Kier alpha value is -1.62. The summed E-state index contributed by atoms with van der Waals surface area (Å²) in [4.78, 5) is 11.8. The lowest BCUT2D eigenvalue weighted by atomic mass is 10.2. The molecule has 0 saturated heterocycles. The van der Waals surface area contributed by atoms with Gasteiger partial charge in [-0.3, -0.25) is 4.79 Å². The number of rotatable bonds is 5. The van der Waals surface area contributed by atoms with Gasteiger partial charge in [0.1, 0.15) is 0 Å². The van der Waals surface area contributed by atoms with Crippen LogP contribution in [0.15, 0.2) is 41.8 Å². The third-order valence-corrected chi connectivity index (χ3v) is 4.64. The molecule has 1 amide bonds. The molecule has 0 aliphatic heterocycles. The molecule has 5 heteroatoms. The summed E-state index contributed by atoms with van der Waals surface area (Å²) in [6.45, 7) is 7.13. The van der Waals surface area contributed by atoms with Crippen molar-refractivity contribution in [3.8, 4) is 0 Å².